The Hall–Kier alpha value is -0.570. The highest BCUT2D eigenvalue weighted by Gasteiger charge is 2.42. The number of hydrogen-bond donors (Lipinski definition) is 1. The van der Waals surface area contributed by atoms with E-state index in [9.17, 15) is 9.90 Å². The molecule has 2 fully saturated rings. The van der Waals surface area contributed by atoms with Crippen LogP contribution in [0.1, 0.15) is 52.4 Å². The van der Waals surface area contributed by atoms with Gasteiger partial charge in [-0.2, -0.15) is 0 Å². The van der Waals surface area contributed by atoms with Crippen LogP contribution in [0, 0.1) is 5.92 Å². The van der Waals surface area contributed by atoms with Crippen molar-refractivity contribution in [1.82, 2.24) is 4.90 Å². The first kappa shape index (κ1) is 11.9. The maximum atomic E-state index is 12.2. The van der Waals surface area contributed by atoms with Crippen molar-refractivity contribution in [1.29, 1.82) is 0 Å². The molecule has 3 heteroatoms. The Kier molecular flexibility index (Phi) is 3.53. The SMILES string of the molecule is CCC(C)CC(=O)N1C2CCC1CC(O)C2. The van der Waals surface area contributed by atoms with Gasteiger partial charge in [0.1, 0.15) is 0 Å². The van der Waals surface area contributed by atoms with E-state index in [1.54, 1.807) is 0 Å². The summed E-state index contributed by atoms with van der Waals surface area (Å²) in [6.45, 7) is 4.27. The van der Waals surface area contributed by atoms with Crippen LogP contribution in [-0.2, 0) is 4.79 Å². The highest BCUT2D eigenvalue weighted by Crippen LogP contribution is 2.36. The lowest BCUT2D eigenvalue weighted by atomic mass is 9.97. The van der Waals surface area contributed by atoms with Crippen molar-refractivity contribution >= 4 is 5.91 Å². The van der Waals surface area contributed by atoms with Crippen LogP contribution in [0.3, 0.4) is 0 Å². The molecule has 2 aliphatic rings. The van der Waals surface area contributed by atoms with Crippen LogP contribution in [0.25, 0.3) is 0 Å². The van der Waals surface area contributed by atoms with Gasteiger partial charge in [-0.15, -0.1) is 0 Å². The molecule has 3 nitrogen and oxygen atoms in total. The van der Waals surface area contributed by atoms with Gasteiger partial charge >= 0.3 is 0 Å². The molecule has 0 aliphatic carbocycles. The van der Waals surface area contributed by atoms with E-state index >= 15 is 0 Å². The van der Waals surface area contributed by atoms with Gasteiger partial charge in [-0.3, -0.25) is 4.79 Å². The molecule has 16 heavy (non-hydrogen) atoms. The fourth-order valence-corrected chi connectivity index (χ4v) is 3.10. The summed E-state index contributed by atoms with van der Waals surface area (Å²) >= 11 is 0. The average Bonchev–Trinajstić information content (AvgIpc) is 2.51. The van der Waals surface area contributed by atoms with E-state index in [2.05, 4.69) is 18.7 Å². The van der Waals surface area contributed by atoms with Gasteiger partial charge in [0.05, 0.1) is 6.10 Å². The van der Waals surface area contributed by atoms with Crippen LogP contribution < -0.4 is 0 Å². The molecule has 3 atom stereocenters. The summed E-state index contributed by atoms with van der Waals surface area (Å²) in [5, 5.41) is 9.68. The topological polar surface area (TPSA) is 40.5 Å². The van der Waals surface area contributed by atoms with Crippen molar-refractivity contribution in [2.24, 2.45) is 5.92 Å². The second kappa shape index (κ2) is 4.74. The Morgan fingerprint density at radius 2 is 1.94 bits per heavy atom. The van der Waals surface area contributed by atoms with Gasteiger partial charge in [0, 0.05) is 18.5 Å². The van der Waals surface area contributed by atoms with E-state index in [0.717, 1.165) is 32.1 Å². The second-order valence-electron chi connectivity index (χ2n) is 5.53. The molecule has 0 saturated carbocycles. The largest absolute Gasteiger partial charge is 0.393 e. The van der Waals surface area contributed by atoms with E-state index in [4.69, 9.17) is 0 Å². The number of amides is 1. The van der Waals surface area contributed by atoms with E-state index in [-0.39, 0.29) is 6.10 Å². The maximum absolute atomic E-state index is 12.2. The summed E-state index contributed by atoms with van der Waals surface area (Å²) in [6, 6.07) is 0.649. The Morgan fingerprint density at radius 1 is 1.38 bits per heavy atom. The molecule has 0 aromatic rings. The number of nitrogens with zero attached hydrogens (tertiary/aromatic N) is 1. The van der Waals surface area contributed by atoms with Crippen molar-refractivity contribution < 1.29 is 9.90 Å². The molecule has 2 bridgehead atoms. The molecule has 3 unspecified atom stereocenters. The first-order valence-corrected chi connectivity index (χ1v) is 6.61. The highest BCUT2D eigenvalue weighted by atomic mass is 16.3. The summed E-state index contributed by atoms with van der Waals surface area (Å²) in [4.78, 5) is 14.3. The zero-order valence-corrected chi connectivity index (χ0v) is 10.4. The van der Waals surface area contributed by atoms with Gasteiger partial charge in [0.2, 0.25) is 5.91 Å². The van der Waals surface area contributed by atoms with Crippen molar-refractivity contribution in [3.05, 3.63) is 0 Å². The molecular weight excluding hydrogens is 202 g/mol. The van der Waals surface area contributed by atoms with Crippen molar-refractivity contribution in [3.8, 4) is 0 Å². The molecule has 2 saturated heterocycles. The molecule has 2 heterocycles. The lowest BCUT2D eigenvalue weighted by molar-refractivity contribution is -0.138. The summed E-state index contributed by atoms with van der Waals surface area (Å²) in [7, 11) is 0. The minimum atomic E-state index is -0.176. The average molecular weight is 225 g/mol. The first-order chi connectivity index (χ1) is 7.61. The normalized spacial score (nSPS) is 35.2. The van der Waals surface area contributed by atoms with Gasteiger partial charge in [0.25, 0.3) is 0 Å². The number of fused-ring (bicyclic) bond motifs is 2. The summed E-state index contributed by atoms with van der Waals surface area (Å²) in [5.74, 6) is 0.799. The van der Waals surface area contributed by atoms with Gasteiger partial charge in [-0.05, 0) is 31.6 Å². The van der Waals surface area contributed by atoms with Gasteiger partial charge in [-0.25, -0.2) is 0 Å². The number of hydrogen-bond acceptors (Lipinski definition) is 2. The molecule has 0 aromatic carbocycles. The maximum Gasteiger partial charge on any atom is 0.223 e. The van der Waals surface area contributed by atoms with Crippen molar-refractivity contribution in [2.45, 2.75) is 70.6 Å². The fourth-order valence-electron chi connectivity index (χ4n) is 3.10. The standard InChI is InChI=1S/C13H23NO2/c1-3-9(2)6-13(16)14-10-4-5-11(14)8-12(15)7-10/h9-12,15H,3-8H2,1-2H3. The molecule has 92 valence electrons. The second-order valence-corrected chi connectivity index (χ2v) is 5.53. The molecule has 2 rings (SSSR count). The van der Waals surface area contributed by atoms with E-state index in [1.807, 2.05) is 0 Å². The minimum absolute atomic E-state index is 0.176. The van der Waals surface area contributed by atoms with E-state index in [1.165, 1.54) is 0 Å². The number of piperidine rings is 1. The number of aliphatic hydroxyl groups is 1. The molecule has 1 amide bonds. The van der Waals surface area contributed by atoms with Crippen LogP contribution in [0.4, 0.5) is 0 Å². The third-order valence-electron chi connectivity index (χ3n) is 4.22. The number of carbonyl (C=O) groups excluding carboxylic acids is 1. The van der Waals surface area contributed by atoms with Gasteiger partial charge < -0.3 is 10.0 Å². The smallest absolute Gasteiger partial charge is 0.223 e. The first-order valence-electron chi connectivity index (χ1n) is 6.61. The molecule has 0 radical (unpaired) electrons. The molecule has 0 spiro atoms. The van der Waals surface area contributed by atoms with Crippen LogP contribution in [0.5, 0.6) is 0 Å². The van der Waals surface area contributed by atoms with Gasteiger partial charge in [-0.1, -0.05) is 20.3 Å². The molecule has 2 aliphatic heterocycles. The fraction of sp³-hybridized carbons (Fsp3) is 0.923. The van der Waals surface area contributed by atoms with Crippen LogP contribution in [0.15, 0.2) is 0 Å². The van der Waals surface area contributed by atoms with Crippen molar-refractivity contribution in [3.63, 3.8) is 0 Å². The summed E-state index contributed by atoms with van der Waals surface area (Å²) in [6.07, 6.45) is 5.34. The lowest BCUT2D eigenvalue weighted by Gasteiger charge is -2.37. The number of aliphatic hydroxyl groups excluding tert-OH is 1. The zero-order chi connectivity index (χ0) is 11.7. The molecular formula is C13H23NO2. The summed E-state index contributed by atoms with van der Waals surface area (Å²) in [5.41, 5.74) is 0. The minimum Gasteiger partial charge on any atom is -0.393 e. The Bertz CT molecular complexity index is 253. The monoisotopic (exact) mass is 225 g/mol. The van der Waals surface area contributed by atoms with E-state index in [0.29, 0.717) is 30.3 Å². The predicted molar refractivity (Wildman–Crippen MR) is 63.0 cm³/mol. The van der Waals surface area contributed by atoms with Crippen LogP contribution >= 0.6 is 0 Å². The summed E-state index contributed by atoms with van der Waals surface area (Å²) < 4.78 is 0. The van der Waals surface area contributed by atoms with Crippen LogP contribution in [-0.4, -0.2) is 34.1 Å². The lowest BCUT2D eigenvalue weighted by Crippen LogP contribution is -2.48. The number of rotatable bonds is 3. The zero-order valence-electron chi connectivity index (χ0n) is 10.4. The van der Waals surface area contributed by atoms with Crippen LogP contribution in [0.2, 0.25) is 0 Å². The third kappa shape index (κ3) is 2.24. The van der Waals surface area contributed by atoms with E-state index < -0.39 is 0 Å². The highest BCUT2D eigenvalue weighted by molar-refractivity contribution is 5.77. The molecule has 0 aromatic heterocycles. The Balaban J connectivity index is 1.97. The Labute approximate surface area is 97.8 Å². The predicted octanol–water partition coefficient (Wildman–Crippen LogP) is 1.94. The molecule has 1 N–H and O–H groups in total. The van der Waals surface area contributed by atoms with Crippen molar-refractivity contribution in [2.75, 3.05) is 0 Å². The third-order valence-corrected chi connectivity index (χ3v) is 4.22. The number of carbonyl (C=O) groups is 1. The Morgan fingerprint density at radius 3 is 2.44 bits per heavy atom. The quantitative estimate of drug-likeness (QED) is 0.797. The van der Waals surface area contributed by atoms with Gasteiger partial charge in [0.15, 0.2) is 0 Å².